The molecule has 2 rings (SSSR count). The Hall–Kier alpha value is -1.14. The Bertz CT molecular complexity index is 382. The first-order valence-corrected chi connectivity index (χ1v) is 8.08. The van der Waals surface area contributed by atoms with Crippen LogP contribution in [0, 0.1) is 0 Å². The monoisotopic (exact) mass is 296 g/mol. The van der Waals surface area contributed by atoms with Crippen molar-refractivity contribution >= 4 is 11.8 Å². The van der Waals surface area contributed by atoms with E-state index in [2.05, 4.69) is 15.5 Å². The molecular formula is C15H28N4O2. The summed E-state index contributed by atoms with van der Waals surface area (Å²) in [6, 6.07) is 0. The van der Waals surface area contributed by atoms with E-state index in [1.807, 2.05) is 13.8 Å². The first kappa shape index (κ1) is 16.2. The van der Waals surface area contributed by atoms with Gasteiger partial charge >= 0.3 is 0 Å². The molecule has 0 saturated carbocycles. The van der Waals surface area contributed by atoms with Gasteiger partial charge in [-0.25, -0.2) is 0 Å². The third kappa shape index (κ3) is 4.17. The standard InChI is InChI=1S/C15H28N4O2/c1-3-15(2)14(21)19(11-7-17-15)12-13(20)16-6-10-18-8-4-5-9-18/h17H,3-12H2,1-2H3,(H,16,20). The molecule has 0 radical (unpaired) electrons. The van der Waals surface area contributed by atoms with E-state index < -0.39 is 5.54 Å². The lowest BCUT2D eigenvalue weighted by molar-refractivity contribution is -0.144. The van der Waals surface area contributed by atoms with Crippen molar-refractivity contribution in [3.8, 4) is 0 Å². The molecule has 0 aliphatic carbocycles. The van der Waals surface area contributed by atoms with E-state index in [4.69, 9.17) is 0 Å². The van der Waals surface area contributed by atoms with E-state index in [1.165, 1.54) is 12.8 Å². The number of nitrogens with one attached hydrogen (secondary N) is 2. The fourth-order valence-corrected chi connectivity index (χ4v) is 3.01. The molecule has 0 bridgehead atoms. The van der Waals surface area contributed by atoms with E-state index in [9.17, 15) is 9.59 Å². The van der Waals surface area contributed by atoms with Crippen LogP contribution in [0.1, 0.15) is 33.1 Å². The normalized spacial score (nSPS) is 27.1. The van der Waals surface area contributed by atoms with Crippen LogP contribution in [0.2, 0.25) is 0 Å². The summed E-state index contributed by atoms with van der Waals surface area (Å²) in [5.74, 6) is -0.0196. The third-order valence-electron chi connectivity index (χ3n) is 4.65. The Morgan fingerprint density at radius 2 is 2.05 bits per heavy atom. The molecule has 0 aromatic rings. The van der Waals surface area contributed by atoms with Crippen molar-refractivity contribution in [2.45, 2.75) is 38.6 Å². The average Bonchev–Trinajstić information content (AvgIpc) is 2.97. The van der Waals surface area contributed by atoms with Gasteiger partial charge in [-0.3, -0.25) is 9.59 Å². The highest BCUT2D eigenvalue weighted by Crippen LogP contribution is 2.16. The highest BCUT2D eigenvalue weighted by atomic mass is 16.2. The number of likely N-dealkylation sites (tertiary alicyclic amines) is 1. The quantitative estimate of drug-likeness (QED) is 0.712. The maximum absolute atomic E-state index is 12.4. The fraction of sp³-hybridized carbons (Fsp3) is 0.867. The molecule has 2 fully saturated rings. The van der Waals surface area contributed by atoms with Crippen LogP contribution in [0.4, 0.5) is 0 Å². The molecule has 21 heavy (non-hydrogen) atoms. The molecule has 2 aliphatic rings. The Kier molecular flexibility index (Phi) is 5.58. The predicted octanol–water partition coefficient (Wildman–Crippen LogP) is -0.201. The zero-order chi connectivity index (χ0) is 15.3. The van der Waals surface area contributed by atoms with Crippen LogP contribution < -0.4 is 10.6 Å². The predicted molar refractivity (Wildman–Crippen MR) is 82.0 cm³/mol. The van der Waals surface area contributed by atoms with Crippen LogP contribution in [0.15, 0.2) is 0 Å². The van der Waals surface area contributed by atoms with E-state index >= 15 is 0 Å². The molecule has 0 spiro atoms. The maximum Gasteiger partial charge on any atom is 0.243 e. The molecule has 2 saturated heterocycles. The summed E-state index contributed by atoms with van der Waals surface area (Å²) >= 11 is 0. The van der Waals surface area contributed by atoms with Gasteiger partial charge in [0.1, 0.15) is 0 Å². The van der Waals surface area contributed by atoms with Crippen molar-refractivity contribution in [2.24, 2.45) is 0 Å². The van der Waals surface area contributed by atoms with Crippen LogP contribution in [-0.2, 0) is 9.59 Å². The molecule has 1 unspecified atom stereocenters. The number of hydrogen-bond donors (Lipinski definition) is 2. The summed E-state index contributed by atoms with van der Waals surface area (Å²) in [6.45, 7) is 9.29. The molecule has 2 aliphatic heterocycles. The van der Waals surface area contributed by atoms with Gasteiger partial charge in [0.05, 0.1) is 12.1 Å². The van der Waals surface area contributed by atoms with Crippen molar-refractivity contribution in [2.75, 3.05) is 45.8 Å². The molecule has 6 heteroatoms. The van der Waals surface area contributed by atoms with E-state index in [-0.39, 0.29) is 18.4 Å². The maximum atomic E-state index is 12.4. The van der Waals surface area contributed by atoms with Gasteiger partial charge in [0.15, 0.2) is 0 Å². The van der Waals surface area contributed by atoms with Gasteiger partial charge in [-0.2, -0.15) is 0 Å². The zero-order valence-corrected chi connectivity index (χ0v) is 13.3. The number of carbonyl (C=O) groups is 2. The second kappa shape index (κ2) is 7.22. The molecule has 2 heterocycles. The molecule has 1 atom stereocenters. The largest absolute Gasteiger partial charge is 0.353 e. The van der Waals surface area contributed by atoms with Crippen molar-refractivity contribution < 1.29 is 9.59 Å². The van der Waals surface area contributed by atoms with Crippen LogP contribution in [0.5, 0.6) is 0 Å². The fourth-order valence-electron chi connectivity index (χ4n) is 3.01. The number of carbonyl (C=O) groups excluding carboxylic acids is 2. The highest BCUT2D eigenvalue weighted by molar-refractivity contribution is 5.90. The van der Waals surface area contributed by atoms with Crippen LogP contribution in [-0.4, -0.2) is 73.0 Å². The number of nitrogens with zero attached hydrogens (tertiary/aromatic N) is 2. The minimum absolute atomic E-state index is 0.0333. The van der Waals surface area contributed by atoms with Gasteiger partial charge in [-0.1, -0.05) is 6.92 Å². The smallest absolute Gasteiger partial charge is 0.243 e. The van der Waals surface area contributed by atoms with Gasteiger partial charge in [-0.15, -0.1) is 0 Å². The van der Waals surface area contributed by atoms with Crippen LogP contribution in [0.25, 0.3) is 0 Å². The summed E-state index contributed by atoms with van der Waals surface area (Å²) in [6.07, 6.45) is 3.26. The highest BCUT2D eigenvalue weighted by Gasteiger charge is 2.38. The van der Waals surface area contributed by atoms with E-state index in [0.717, 1.165) is 32.6 Å². The van der Waals surface area contributed by atoms with Crippen molar-refractivity contribution in [3.63, 3.8) is 0 Å². The van der Waals surface area contributed by atoms with E-state index in [0.29, 0.717) is 13.1 Å². The van der Waals surface area contributed by atoms with Crippen molar-refractivity contribution in [3.05, 3.63) is 0 Å². The van der Waals surface area contributed by atoms with Crippen LogP contribution in [0.3, 0.4) is 0 Å². The summed E-state index contributed by atoms with van der Waals surface area (Å²) < 4.78 is 0. The van der Waals surface area contributed by atoms with Gasteiger partial charge in [0, 0.05) is 26.2 Å². The molecule has 2 amide bonds. The summed E-state index contributed by atoms with van der Waals surface area (Å²) in [5.41, 5.74) is -0.520. The average molecular weight is 296 g/mol. The summed E-state index contributed by atoms with van der Waals surface area (Å²) in [7, 11) is 0. The van der Waals surface area contributed by atoms with Crippen LogP contribution >= 0.6 is 0 Å². The lowest BCUT2D eigenvalue weighted by Crippen LogP contribution is -2.63. The molecule has 6 nitrogen and oxygen atoms in total. The first-order valence-electron chi connectivity index (χ1n) is 8.08. The topological polar surface area (TPSA) is 64.7 Å². The minimum atomic E-state index is -0.520. The number of rotatable bonds is 6. The number of amides is 2. The molecule has 120 valence electrons. The number of piperazine rings is 1. The molecule has 0 aromatic carbocycles. The zero-order valence-electron chi connectivity index (χ0n) is 13.3. The molecular weight excluding hydrogens is 268 g/mol. The Labute approximate surface area is 127 Å². The second-order valence-electron chi connectivity index (χ2n) is 6.24. The number of hydrogen-bond acceptors (Lipinski definition) is 4. The molecule has 0 aromatic heterocycles. The van der Waals surface area contributed by atoms with Gasteiger partial charge in [0.25, 0.3) is 0 Å². The Morgan fingerprint density at radius 1 is 1.33 bits per heavy atom. The van der Waals surface area contributed by atoms with Crippen molar-refractivity contribution in [1.82, 2.24) is 20.4 Å². The van der Waals surface area contributed by atoms with Gasteiger partial charge in [-0.05, 0) is 39.3 Å². The molecule has 2 N–H and O–H groups in total. The SMILES string of the molecule is CCC1(C)NCCN(CC(=O)NCCN2CCCC2)C1=O. The first-order chi connectivity index (χ1) is 10.0. The Balaban J connectivity index is 1.72. The Morgan fingerprint density at radius 3 is 2.71 bits per heavy atom. The third-order valence-corrected chi connectivity index (χ3v) is 4.65. The van der Waals surface area contributed by atoms with Crippen molar-refractivity contribution in [1.29, 1.82) is 0 Å². The lowest BCUT2D eigenvalue weighted by Gasteiger charge is -2.39. The van der Waals surface area contributed by atoms with Gasteiger partial charge < -0.3 is 20.4 Å². The minimum Gasteiger partial charge on any atom is -0.353 e. The second-order valence-corrected chi connectivity index (χ2v) is 6.24. The van der Waals surface area contributed by atoms with Gasteiger partial charge in [0.2, 0.25) is 11.8 Å². The van der Waals surface area contributed by atoms with E-state index in [1.54, 1.807) is 4.90 Å². The summed E-state index contributed by atoms with van der Waals surface area (Å²) in [4.78, 5) is 28.4. The lowest BCUT2D eigenvalue weighted by atomic mass is 9.94. The summed E-state index contributed by atoms with van der Waals surface area (Å²) in [5, 5.41) is 6.18.